The summed E-state index contributed by atoms with van der Waals surface area (Å²) in [7, 11) is 1.60. The van der Waals surface area contributed by atoms with E-state index in [-0.39, 0.29) is 0 Å². The molecule has 2 N–H and O–H groups in total. The van der Waals surface area contributed by atoms with Crippen molar-refractivity contribution >= 4 is 18.1 Å². The first-order valence-electron chi connectivity index (χ1n) is 6.33. The van der Waals surface area contributed by atoms with Crippen molar-refractivity contribution in [3.63, 3.8) is 0 Å². The molecule has 0 aromatic heterocycles. The first-order valence-corrected chi connectivity index (χ1v) is 6.33. The van der Waals surface area contributed by atoms with Crippen LogP contribution in [0.2, 0.25) is 0 Å². The number of carbonyl (C=O) groups excluding carboxylic acids is 1. The summed E-state index contributed by atoms with van der Waals surface area (Å²) in [6.45, 7) is 2.05. The van der Waals surface area contributed by atoms with Gasteiger partial charge >= 0.3 is 0 Å². The molecular weight excluding hydrogens is 250 g/mol. The molecular formula is C17H17NO2. The Labute approximate surface area is 118 Å². The minimum atomic E-state index is -0.446. The number of benzene rings is 2. The third-order valence-corrected chi connectivity index (χ3v) is 3.15. The Morgan fingerprint density at radius 1 is 1.10 bits per heavy atom. The molecule has 0 atom stereocenters. The number of nitrogens with two attached hydrogens (primary N) is 1. The summed E-state index contributed by atoms with van der Waals surface area (Å²) < 4.78 is 5.30. The molecule has 0 radical (unpaired) electrons. The van der Waals surface area contributed by atoms with Crippen LogP contribution in [0.15, 0.2) is 42.5 Å². The maximum atomic E-state index is 11.2. The zero-order valence-electron chi connectivity index (χ0n) is 11.6. The molecule has 0 aliphatic carbocycles. The molecule has 1 amide bonds. The Morgan fingerprint density at radius 2 is 1.80 bits per heavy atom. The fourth-order valence-electron chi connectivity index (χ4n) is 1.97. The molecule has 2 aromatic rings. The van der Waals surface area contributed by atoms with Gasteiger partial charge in [-0.15, -0.1) is 0 Å². The Morgan fingerprint density at radius 3 is 2.45 bits per heavy atom. The maximum absolute atomic E-state index is 11.2. The van der Waals surface area contributed by atoms with Crippen molar-refractivity contribution in [2.45, 2.75) is 6.92 Å². The van der Waals surface area contributed by atoms with Gasteiger partial charge in [0, 0.05) is 11.1 Å². The molecule has 0 aliphatic rings. The van der Waals surface area contributed by atoms with Crippen LogP contribution in [0.5, 0.6) is 5.75 Å². The van der Waals surface area contributed by atoms with Crippen molar-refractivity contribution in [1.82, 2.24) is 0 Å². The zero-order valence-corrected chi connectivity index (χ0v) is 11.6. The van der Waals surface area contributed by atoms with E-state index in [1.165, 1.54) is 5.56 Å². The summed E-state index contributed by atoms with van der Waals surface area (Å²) in [5.41, 5.74) is 8.91. The van der Waals surface area contributed by atoms with Crippen molar-refractivity contribution in [2.75, 3.05) is 7.11 Å². The lowest BCUT2D eigenvalue weighted by atomic mass is 10.0. The summed E-state index contributed by atoms with van der Waals surface area (Å²) in [6.07, 6.45) is 3.92. The van der Waals surface area contributed by atoms with Crippen LogP contribution in [0.3, 0.4) is 0 Å². The van der Waals surface area contributed by atoms with E-state index in [9.17, 15) is 4.79 Å². The lowest BCUT2D eigenvalue weighted by Crippen LogP contribution is -2.10. The van der Waals surface area contributed by atoms with Gasteiger partial charge in [-0.25, -0.2) is 0 Å². The fraction of sp³-hybridized carbons (Fsp3) is 0.118. The number of hydrogen-bond acceptors (Lipinski definition) is 2. The third-order valence-electron chi connectivity index (χ3n) is 3.15. The Kier molecular flexibility index (Phi) is 4.20. The Hall–Kier alpha value is -2.55. The number of methoxy groups -OCH3 is 1. The van der Waals surface area contributed by atoms with E-state index in [0.717, 1.165) is 11.1 Å². The van der Waals surface area contributed by atoms with Gasteiger partial charge in [-0.2, -0.15) is 0 Å². The van der Waals surface area contributed by atoms with Gasteiger partial charge in [0.15, 0.2) is 0 Å². The van der Waals surface area contributed by atoms with E-state index < -0.39 is 5.91 Å². The maximum Gasteiger partial charge on any atom is 0.248 e. The smallest absolute Gasteiger partial charge is 0.248 e. The topological polar surface area (TPSA) is 52.3 Å². The van der Waals surface area contributed by atoms with E-state index in [4.69, 9.17) is 10.5 Å². The molecule has 3 heteroatoms. The van der Waals surface area contributed by atoms with E-state index in [2.05, 4.69) is 13.0 Å². The monoisotopic (exact) mass is 267 g/mol. The molecule has 0 unspecified atom stereocenters. The third kappa shape index (κ3) is 3.06. The minimum absolute atomic E-state index is 0.446. The quantitative estimate of drug-likeness (QED) is 0.864. The van der Waals surface area contributed by atoms with E-state index in [1.54, 1.807) is 25.3 Å². The second kappa shape index (κ2) is 6.06. The highest BCUT2D eigenvalue weighted by atomic mass is 16.5. The molecule has 0 saturated heterocycles. The van der Waals surface area contributed by atoms with Crippen molar-refractivity contribution in [3.8, 4) is 5.75 Å². The van der Waals surface area contributed by atoms with Crippen molar-refractivity contribution in [3.05, 3.63) is 64.7 Å². The van der Waals surface area contributed by atoms with Gasteiger partial charge in [0.2, 0.25) is 5.91 Å². The summed E-state index contributed by atoms with van der Waals surface area (Å²) in [4.78, 5) is 11.2. The number of ether oxygens (including phenoxy) is 1. The van der Waals surface area contributed by atoms with Crippen LogP contribution in [-0.2, 0) is 0 Å². The molecule has 2 aromatic carbocycles. The van der Waals surface area contributed by atoms with Crippen LogP contribution in [0, 0.1) is 6.92 Å². The van der Waals surface area contributed by atoms with Crippen LogP contribution < -0.4 is 10.5 Å². The highest BCUT2D eigenvalue weighted by Crippen LogP contribution is 2.23. The number of aryl methyl sites for hydroxylation is 1. The van der Waals surface area contributed by atoms with Gasteiger partial charge in [0.25, 0.3) is 0 Å². The lowest BCUT2D eigenvalue weighted by Gasteiger charge is -2.06. The van der Waals surface area contributed by atoms with Crippen molar-refractivity contribution in [1.29, 1.82) is 0 Å². The molecule has 0 saturated carbocycles. The number of primary amides is 1. The van der Waals surface area contributed by atoms with E-state index in [1.807, 2.05) is 30.4 Å². The molecule has 0 spiro atoms. The van der Waals surface area contributed by atoms with Crippen LogP contribution in [0.1, 0.15) is 27.0 Å². The fourth-order valence-corrected chi connectivity index (χ4v) is 1.97. The molecule has 0 heterocycles. The van der Waals surface area contributed by atoms with Crippen LogP contribution >= 0.6 is 0 Å². The van der Waals surface area contributed by atoms with Crippen molar-refractivity contribution < 1.29 is 9.53 Å². The highest BCUT2D eigenvalue weighted by molar-refractivity contribution is 5.94. The normalized spacial score (nSPS) is 10.7. The van der Waals surface area contributed by atoms with Gasteiger partial charge in [-0.3, -0.25) is 4.79 Å². The number of rotatable bonds is 4. The highest BCUT2D eigenvalue weighted by Gasteiger charge is 2.05. The second-order valence-electron chi connectivity index (χ2n) is 4.51. The molecule has 0 aliphatic heterocycles. The SMILES string of the molecule is COc1ccc(C(N)=O)cc1/C=C/c1ccccc1C. The molecule has 2 rings (SSSR count). The molecule has 102 valence electrons. The number of carbonyl (C=O) groups is 1. The van der Waals surface area contributed by atoms with E-state index in [0.29, 0.717) is 11.3 Å². The standard InChI is InChI=1S/C17H17NO2/c1-12-5-3-4-6-13(12)7-8-14-11-15(17(18)19)9-10-16(14)20-2/h3-11H,1-2H3,(H2,18,19)/b8-7+. The average molecular weight is 267 g/mol. The van der Waals surface area contributed by atoms with Gasteiger partial charge in [0.1, 0.15) is 5.75 Å². The Balaban J connectivity index is 2.39. The summed E-state index contributed by atoms with van der Waals surface area (Å²) in [5.74, 6) is 0.262. The van der Waals surface area contributed by atoms with Gasteiger partial charge < -0.3 is 10.5 Å². The van der Waals surface area contributed by atoms with Crippen LogP contribution in [-0.4, -0.2) is 13.0 Å². The largest absolute Gasteiger partial charge is 0.496 e. The number of hydrogen-bond donors (Lipinski definition) is 1. The second-order valence-corrected chi connectivity index (χ2v) is 4.51. The predicted molar refractivity (Wildman–Crippen MR) is 81.6 cm³/mol. The summed E-state index contributed by atoms with van der Waals surface area (Å²) in [5, 5.41) is 0. The van der Waals surface area contributed by atoms with Gasteiger partial charge in [-0.05, 0) is 36.2 Å². The summed E-state index contributed by atoms with van der Waals surface area (Å²) >= 11 is 0. The minimum Gasteiger partial charge on any atom is -0.496 e. The molecule has 20 heavy (non-hydrogen) atoms. The molecule has 3 nitrogen and oxygen atoms in total. The first kappa shape index (κ1) is 13.9. The summed E-state index contributed by atoms with van der Waals surface area (Å²) in [6, 6.07) is 13.2. The van der Waals surface area contributed by atoms with Gasteiger partial charge in [-0.1, -0.05) is 36.4 Å². The molecule has 0 bridgehead atoms. The average Bonchev–Trinajstić information content (AvgIpc) is 2.46. The first-order chi connectivity index (χ1) is 9.61. The van der Waals surface area contributed by atoms with Crippen LogP contribution in [0.25, 0.3) is 12.2 Å². The molecule has 0 fully saturated rings. The van der Waals surface area contributed by atoms with E-state index >= 15 is 0 Å². The Bertz CT molecular complexity index is 660. The lowest BCUT2D eigenvalue weighted by molar-refractivity contribution is 0.1000. The van der Waals surface area contributed by atoms with Crippen LogP contribution in [0.4, 0.5) is 0 Å². The van der Waals surface area contributed by atoms with Gasteiger partial charge in [0.05, 0.1) is 7.11 Å². The predicted octanol–water partition coefficient (Wildman–Crippen LogP) is 3.27. The zero-order chi connectivity index (χ0) is 14.5. The number of amides is 1. The van der Waals surface area contributed by atoms with Crippen molar-refractivity contribution in [2.24, 2.45) is 5.73 Å².